The van der Waals surface area contributed by atoms with Crippen molar-refractivity contribution in [2.75, 3.05) is 39.3 Å². The van der Waals surface area contributed by atoms with Crippen LogP contribution in [0.25, 0.3) is 0 Å². The first-order valence-corrected chi connectivity index (χ1v) is 12.0. The Morgan fingerprint density at radius 1 is 0.583 bits per heavy atom. The standard InChI is InChI=1S/C29H34N4O3/c1-22-7-9-28(35)25(17-22)20-31-12-15-33(14-11-30-19-24-5-3-4-6-27(24)34)16-13-32-21-26-18-23(2)8-10-29(26)36/h3-10,17-21,34-36H,11-16H2,1-2H3. The van der Waals surface area contributed by atoms with Crippen molar-refractivity contribution >= 4 is 18.6 Å². The molecule has 7 nitrogen and oxygen atoms in total. The van der Waals surface area contributed by atoms with E-state index < -0.39 is 0 Å². The summed E-state index contributed by atoms with van der Waals surface area (Å²) in [6, 6.07) is 18.0. The zero-order valence-corrected chi connectivity index (χ0v) is 20.9. The first kappa shape index (κ1) is 26.6. The predicted octanol–water partition coefficient (Wildman–Crippen LogP) is 4.38. The van der Waals surface area contributed by atoms with Gasteiger partial charge in [-0.25, -0.2) is 0 Å². The number of phenolic OH excluding ortho intramolecular Hbond substituents is 3. The van der Waals surface area contributed by atoms with Crippen LogP contribution in [-0.2, 0) is 0 Å². The number of phenols is 3. The Morgan fingerprint density at radius 2 is 1.00 bits per heavy atom. The lowest BCUT2D eigenvalue weighted by molar-refractivity contribution is 0.298. The summed E-state index contributed by atoms with van der Waals surface area (Å²) in [5.41, 5.74) is 4.23. The highest BCUT2D eigenvalue weighted by Crippen LogP contribution is 2.17. The lowest BCUT2D eigenvalue weighted by Crippen LogP contribution is -2.31. The largest absolute Gasteiger partial charge is 0.507 e. The molecule has 0 fully saturated rings. The third-order valence-electron chi connectivity index (χ3n) is 5.63. The van der Waals surface area contributed by atoms with Crippen LogP contribution in [0.2, 0.25) is 0 Å². The van der Waals surface area contributed by atoms with Crippen molar-refractivity contribution in [2.45, 2.75) is 13.8 Å². The molecule has 0 atom stereocenters. The fourth-order valence-electron chi connectivity index (χ4n) is 3.57. The molecule has 0 aliphatic rings. The molecule has 0 aromatic heterocycles. The molecule has 0 heterocycles. The summed E-state index contributed by atoms with van der Waals surface area (Å²) in [5, 5.41) is 29.9. The van der Waals surface area contributed by atoms with Gasteiger partial charge in [-0.1, -0.05) is 35.4 Å². The molecule has 7 heteroatoms. The second kappa shape index (κ2) is 13.8. The minimum absolute atomic E-state index is 0.209. The molecule has 0 radical (unpaired) electrons. The van der Waals surface area contributed by atoms with Crippen molar-refractivity contribution in [3.05, 3.63) is 88.5 Å². The van der Waals surface area contributed by atoms with E-state index in [1.807, 2.05) is 50.2 Å². The number of nitrogens with zero attached hydrogens (tertiary/aromatic N) is 4. The van der Waals surface area contributed by atoms with Crippen molar-refractivity contribution in [2.24, 2.45) is 15.0 Å². The average molecular weight is 487 g/mol. The maximum Gasteiger partial charge on any atom is 0.124 e. The first-order valence-electron chi connectivity index (χ1n) is 12.0. The van der Waals surface area contributed by atoms with Crippen LogP contribution in [0.1, 0.15) is 27.8 Å². The molecule has 0 spiro atoms. The first-order chi connectivity index (χ1) is 17.4. The van der Waals surface area contributed by atoms with Crippen LogP contribution in [0.15, 0.2) is 75.6 Å². The van der Waals surface area contributed by atoms with Crippen LogP contribution in [0.4, 0.5) is 0 Å². The molecular weight excluding hydrogens is 452 g/mol. The average Bonchev–Trinajstić information content (AvgIpc) is 2.86. The number of hydrogen-bond acceptors (Lipinski definition) is 7. The number of hydrogen-bond donors (Lipinski definition) is 3. The van der Waals surface area contributed by atoms with E-state index in [0.717, 1.165) is 11.1 Å². The molecule has 0 aliphatic carbocycles. The minimum Gasteiger partial charge on any atom is -0.507 e. The molecule has 0 bridgehead atoms. The molecule has 3 aromatic rings. The maximum absolute atomic E-state index is 10.0. The number of benzene rings is 3. The van der Waals surface area contributed by atoms with Crippen LogP contribution in [0.3, 0.4) is 0 Å². The molecule has 3 rings (SSSR count). The quantitative estimate of drug-likeness (QED) is 0.331. The van der Waals surface area contributed by atoms with Gasteiger partial charge in [0.25, 0.3) is 0 Å². The van der Waals surface area contributed by atoms with E-state index in [-0.39, 0.29) is 17.2 Å². The van der Waals surface area contributed by atoms with E-state index >= 15 is 0 Å². The van der Waals surface area contributed by atoms with Crippen LogP contribution in [0, 0.1) is 13.8 Å². The van der Waals surface area contributed by atoms with Crippen molar-refractivity contribution in [1.29, 1.82) is 0 Å². The van der Waals surface area contributed by atoms with Crippen molar-refractivity contribution in [1.82, 2.24) is 4.90 Å². The Balaban J connectivity index is 1.57. The van der Waals surface area contributed by atoms with Gasteiger partial charge in [-0.3, -0.25) is 19.9 Å². The maximum atomic E-state index is 10.0. The second-order valence-corrected chi connectivity index (χ2v) is 8.63. The van der Waals surface area contributed by atoms with Crippen LogP contribution in [-0.4, -0.2) is 78.1 Å². The fraction of sp³-hybridized carbons (Fsp3) is 0.276. The van der Waals surface area contributed by atoms with Gasteiger partial charge in [-0.2, -0.15) is 0 Å². The van der Waals surface area contributed by atoms with E-state index in [1.54, 1.807) is 42.9 Å². The monoisotopic (exact) mass is 486 g/mol. The lowest BCUT2D eigenvalue weighted by atomic mass is 10.1. The van der Waals surface area contributed by atoms with Gasteiger partial charge in [0.2, 0.25) is 0 Å². The van der Waals surface area contributed by atoms with Gasteiger partial charge in [0, 0.05) is 55.0 Å². The van der Waals surface area contributed by atoms with Crippen molar-refractivity contribution in [3.8, 4) is 17.2 Å². The normalized spacial score (nSPS) is 12.0. The predicted molar refractivity (Wildman–Crippen MR) is 148 cm³/mol. The Labute approximate surface area is 212 Å². The third kappa shape index (κ3) is 8.67. The summed E-state index contributed by atoms with van der Waals surface area (Å²) in [6.07, 6.45) is 5.09. The molecule has 3 N–H and O–H groups in total. The summed E-state index contributed by atoms with van der Waals surface area (Å²) in [4.78, 5) is 15.7. The van der Waals surface area contributed by atoms with E-state index in [4.69, 9.17) is 0 Å². The van der Waals surface area contributed by atoms with E-state index in [2.05, 4.69) is 19.9 Å². The molecule has 36 heavy (non-hydrogen) atoms. The highest BCUT2D eigenvalue weighted by atomic mass is 16.3. The van der Waals surface area contributed by atoms with E-state index in [1.165, 1.54) is 0 Å². The molecule has 0 saturated carbocycles. The van der Waals surface area contributed by atoms with Gasteiger partial charge in [-0.15, -0.1) is 0 Å². The SMILES string of the molecule is Cc1ccc(O)c(C=NCCN(CCN=Cc2ccccc2O)CCN=Cc2cc(C)ccc2O)c1. The second-order valence-electron chi connectivity index (χ2n) is 8.63. The van der Waals surface area contributed by atoms with Gasteiger partial charge in [0.05, 0.1) is 19.6 Å². The summed E-state index contributed by atoms with van der Waals surface area (Å²) in [6.45, 7) is 7.79. The summed E-state index contributed by atoms with van der Waals surface area (Å²) in [5.74, 6) is 0.641. The van der Waals surface area contributed by atoms with Crippen LogP contribution < -0.4 is 0 Å². The number of aromatic hydroxyl groups is 3. The zero-order valence-electron chi connectivity index (χ0n) is 20.9. The molecular formula is C29H34N4O3. The Kier molecular flexibility index (Phi) is 10.2. The van der Waals surface area contributed by atoms with Gasteiger partial charge < -0.3 is 15.3 Å². The van der Waals surface area contributed by atoms with Gasteiger partial charge in [0.1, 0.15) is 17.2 Å². The van der Waals surface area contributed by atoms with E-state index in [0.29, 0.717) is 56.0 Å². The van der Waals surface area contributed by atoms with Crippen molar-refractivity contribution in [3.63, 3.8) is 0 Å². The van der Waals surface area contributed by atoms with Gasteiger partial charge in [-0.05, 0) is 50.2 Å². The Bertz CT molecular complexity index is 1160. The Hall–Kier alpha value is -3.97. The Morgan fingerprint density at radius 3 is 1.47 bits per heavy atom. The number of rotatable bonds is 12. The van der Waals surface area contributed by atoms with Crippen LogP contribution in [0.5, 0.6) is 17.2 Å². The number of aryl methyl sites for hydroxylation is 2. The van der Waals surface area contributed by atoms with Gasteiger partial charge in [0.15, 0.2) is 0 Å². The zero-order chi connectivity index (χ0) is 25.8. The fourth-order valence-corrected chi connectivity index (χ4v) is 3.57. The smallest absolute Gasteiger partial charge is 0.124 e. The highest BCUT2D eigenvalue weighted by Gasteiger charge is 2.05. The minimum atomic E-state index is 0.209. The molecule has 3 aromatic carbocycles. The van der Waals surface area contributed by atoms with Crippen LogP contribution >= 0.6 is 0 Å². The summed E-state index contributed by atoms with van der Waals surface area (Å²) < 4.78 is 0. The molecule has 188 valence electrons. The topological polar surface area (TPSA) is 101 Å². The summed E-state index contributed by atoms with van der Waals surface area (Å²) >= 11 is 0. The van der Waals surface area contributed by atoms with Crippen molar-refractivity contribution < 1.29 is 15.3 Å². The molecule has 0 amide bonds. The highest BCUT2D eigenvalue weighted by molar-refractivity contribution is 5.84. The molecule has 0 saturated heterocycles. The number of para-hydroxylation sites is 1. The lowest BCUT2D eigenvalue weighted by Gasteiger charge is -2.19. The molecule has 0 aliphatic heterocycles. The van der Waals surface area contributed by atoms with Gasteiger partial charge >= 0.3 is 0 Å². The van der Waals surface area contributed by atoms with E-state index in [9.17, 15) is 15.3 Å². The molecule has 0 unspecified atom stereocenters. The summed E-state index contributed by atoms with van der Waals surface area (Å²) in [7, 11) is 0. The number of aliphatic imine (C=N–C) groups is 3. The third-order valence-corrected chi connectivity index (χ3v) is 5.63.